The summed E-state index contributed by atoms with van der Waals surface area (Å²) in [5, 5.41) is 18.5. The fourth-order valence-corrected chi connectivity index (χ4v) is 2.27. The standard InChI is InChI=1S/C17H12Cl2FNO4/c18-13-6-5-12(7-14(13)19)21(16(23)8-15(22)17(24)25)9-10-1-3-11(20)4-2-10/h1-8,22H,9H2,(H,24,25). The van der Waals surface area contributed by atoms with Gasteiger partial charge in [-0.25, -0.2) is 9.18 Å². The van der Waals surface area contributed by atoms with Gasteiger partial charge in [0.05, 0.1) is 22.7 Å². The first-order valence-corrected chi connectivity index (χ1v) is 7.68. The van der Waals surface area contributed by atoms with E-state index in [2.05, 4.69) is 0 Å². The van der Waals surface area contributed by atoms with E-state index in [1.54, 1.807) is 0 Å². The number of halogens is 3. The number of carbonyl (C=O) groups is 2. The van der Waals surface area contributed by atoms with Gasteiger partial charge in [-0.2, -0.15) is 0 Å². The summed E-state index contributed by atoms with van der Waals surface area (Å²) in [7, 11) is 0. The van der Waals surface area contributed by atoms with Crippen LogP contribution in [0, 0.1) is 5.82 Å². The highest BCUT2D eigenvalue weighted by molar-refractivity contribution is 6.42. The van der Waals surface area contributed by atoms with Crippen molar-refractivity contribution in [2.75, 3.05) is 4.90 Å². The third-order valence-electron chi connectivity index (χ3n) is 3.21. The number of carbonyl (C=O) groups excluding carboxylic acids is 1. The van der Waals surface area contributed by atoms with Gasteiger partial charge in [-0.15, -0.1) is 0 Å². The summed E-state index contributed by atoms with van der Waals surface area (Å²) in [5.41, 5.74) is 0.919. The average Bonchev–Trinajstić information content (AvgIpc) is 2.56. The molecule has 0 heterocycles. The molecule has 0 atom stereocenters. The maximum atomic E-state index is 13.0. The molecule has 0 fully saturated rings. The summed E-state index contributed by atoms with van der Waals surface area (Å²) in [4.78, 5) is 24.3. The topological polar surface area (TPSA) is 77.8 Å². The Bertz CT molecular complexity index is 837. The Morgan fingerprint density at radius 2 is 1.68 bits per heavy atom. The minimum Gasteiger partial charge on any atom is -0.502 e. The number of hydrogen-bond acceptors (Lipinski definition) is 3. The van der Waals surface area contributed by atoms with Gasteiger partial charge < -0.3 is 15.1 Å². The molecule has 2 N–H and O–H groups in total. The van der Waals surface area contributed by atoms with Gasteiger partial charge in [-0.1, -0.05) is 35.3 Å². The zero-order valence-electron chi connectivity index (χ0n) is 12.6. The van der Waals surface area contributed by atoms with Crippen LogP contribution in [0.25, 0.3) is 0 Å². The predicted molar refractivity (Wildman–Crippen MR) is 92.4 cm³/mol. The van der Waals surface area contributed by atoms with Crippen LogP contribution in [0.15, 0.2) is 54.3 Å². The minimum absolute atomic E-state index is 0.000470. The highest BCUT2D eigenvalue weighted by Gasteiger charge is 2.18. The van der Waals surface area contributed by atoms with Crippen LogP contribution in [0.4, 0.5) is 10.1 Å². The van der Waals surface area contributed by atoms with Gasteiger partial charge in [0.2, 0.25) is 5.76 Å². The number of amides is 1. The normalized spacial score (nSPS) is 11.2. The zero-order chi connectivity index (χ0) is 18.6. The molecule has 25 heavy (non-hydrogen) atoms. The van der Waals surface area contributed by atoms with Crippen LogP contribution in [-0.2, 0) is 16.1 Å². The number of aliphatic hydroxyl groups excluding tert-OH is 1. The lowest BCUT2D eigenvalue weighted by atomic mass is 10.2. The van der Waals surface area contributed by atoms with Crippen LogP contribution in [0.3, 0.4) is 0 Å². The van der Waals surface area contributed by atoms with Crippen LogP contribution in [0.1, 0.15) is 5.56 Å². The molecule has 0 bridgehead atoms. The van der Waals surface area contributed by atoms with Crippen LogP contribution in [0.2, 0.25) is 10.0 Å². The number of carboxylic acid groups (broad SMARTS) is 1. The molecule has 2 aromatic carbocycles. The summed E-state index contributed by atoms with van der Waals surface area (Å²) >= 11 is 11.8. The Morgan fingerprint density at radius 1 is 1.04 bits per heavy atom. The number of carboxylic acids is 1. The van der Waals surface area contributed by atoms with E-state index in [1.807, 2.05) is 0 Å². The smallest absolute Gasteiger partial charge is 0.371 e. The van der Waals surface area contributed by atoms with Gasteiger partial charge in [0, 0.05) is 5.69 Å². The molecular weight excluding hydrogens is 372 g/mol. The monoisotopic (exact) mass is 383 g/mol. The second kappa shape index (κ2) is 8.00. The van der Waals surface area contributed by atoms with Crippen LogP contribution in [-0.4, -0.2) is 22.1 Å². The Balaban J connectivity index is 2.41. The molecule has 8 heteroatoms. The molecule has 0 aliphatic heterocycles. The van der Waals surface area contributed by atoms with E-state index in [9.17, 15) is 19.1 Å². The van der Waals surface area contributed by atoms with E-state index in [-0.39, 0.29) is 16.6 Å². The molecule has 2 rings (SSSR count). The van der Waals surface area contributed by atoms with Crippen molar-refractivity contribution < 1.29 is 24.2 Å². The van der Waals surface area contributed by atoms with Crippen molar-refractivity contribution in [3.63, 3.8) is 0 Å². The zero-order valence-corrected chi connectivity index (χ0v) is 14.1. The van der Waals surface area contributed by atoms with Gasteiger partial charge in [0.15, 0.2) is 0 Å². The molecule has 5 nitrogen and oxygen atoms in total. The lowest BCUT2D eigenvalue weighted by molar-refractivity contribution is -0.135. The van der Waals surface area contributed by atoms with Gasteiger partial charge in [0.25, 0.3) is 5.91 Å². The van der Waals surface area contributed by atoms with E-state index in [0.717, 1.165) is 0 Å². The summed E-state index contributed by atoms with van der Waals surface area (Å²) < 4.78 is 13.0. The lowest BCUT2D eigenvalue weighted by Gasteiger charge is -2.22. The fourth-order valence-electron chi connectivity index (χ4n) is 1.98. The molecule has 0 aliphatic carbocycles. The Kier molecular flexibility index (Phi) is 6.01. The SMILES string of the molecule is O=C(O)C(O)=CC(=O)N(Cc1ccc(F)cc1)c1ccc(Cl)c(Cl)c1. The number of aliphatic carboxylic acids is 1. The quantitative estimate of drug-likeness (QED) is 0.599. The summed E-state index contributed by atoms with van der Waals surface area (Å²) in [6, 6.07) is 9.85. The second-order valence-electron chi connectivity index (χ2n) is 4.98. The van der Waals surface area contributed by atoms with Crippen molar-refractivity contribution in [3.8, 4) is 0 Å². The predicted octanol–water partition coefficient (Wildman–Crippen LogP) is 4.19. The molecule has 0 radical (unpaired) electrons. The number of aliphatic hydroxyl groups is 1. The maximum Gasteiger partial charge on any atom is 0.371 e. The van der Waals surface area contributed by atoms with Crippen molar-refractivity contribution in [2.24, 2.45) is 0 Å². The molecule has 0 spiro atoms. The van der Waals surface area contributed by atoms with E-state index in [0.29, 0.717) is 17.3 Å². The molecular formula is C17H12Cl2FNO4. The molecule has 0 aromatic heterocycles. The maximum absolute atomic E-state index is 13.0. The van der Waals surface area contributed by atoms with Crippen LogP contribution >= 0.6 is 23.2 Å². The highest BCUT2D eigenvalue weighted by Crippen LogP contribution is 2.28. The number of nitrogens with zero attached hydrogens (tertiary/aromatic N) is 1. The van der Waals surface area contributed by atoms with Gasteiger partial charge >= 0.3 is 5.97 Å². The van der Waals surface area contributed by atoms with Crippen LogP contribution < -0.4 is 4.90 Å². The van der Waals surface area contributed by atoms with E-state index in [1.165, 1.54) is 47.4 Å². The van der Waals surface area contributed by atoms with Crippen molar-refractivity contribution in [3.05, 3.63) is 75.7 Å². The number of benzene rings is 2. The third-order valence-corrected chi connectivity index (χ3v) is 3.95. The second-order valence-corrected chi connectivity index (χ2v) is 5.80. The molecule has 2 aromatic rings. The summed E-state index contributed by atoms with van der Waals surface area (Å²) in [5.74, 6) is -3.96. The number of rotatable bonds is 5. The van der Waals surface area contributed by atoms with E-state index >= 15 is 0 Å². The molecule has 0 saturated carbocycles. The number of anilines is 1. The molecule has 0 aliphatic rings. The third kappa shape index (κ3) is 4.95. The number of hydrogen-bond donors (Lipinski definition) is 2. The molecule has 130 valence electrons. The van der Waals surface area contributed by atoms with Crippen molar-refractivity contribution in [1.82, 2.24) is 0 Å². The van der Waals surface area contributed by atoms with Gasteiger partial charge in [-0.3, -0.25) is 4.79 Å². The van der Waals surface area contributed by atoms with Crippen LogP contribution in [0.5, 0.6) is 0 Å². The van der Waals surface area contributed by atoms with Crippen molar-refractivity contribution >= 4 is 40.8 Å². The fraction of sp³-hybridized carbons (Fsp3) is 0.0588. The highest BCUT2D eigenvalue weighted by atomic mass is 35.5. The average molecular weight is 384 g/mol. The minimum atomic E-state index is -1.63. The van der Waals surface area contributed by atoms with E-state index in [4.69, 9.17) is 28.3 Å². The first kappa shape index (κ1) is 18.8. The first-order valence-electron chi connectivity index (χ1n) is 6.93. The molecule has 0 unspecified atom stereocenters. The Labute approximate surface area is 152 Å². The summed E-state index contributed by atoms with van der Waals surface area (Å²) in [6.07, 6.45) is 0.578. The molecule has 1 amide bonds. The summed E-state index contributed by atoms with van der Waals surface area (Å²) in [6.45, 7) is 0.000470. The molecule has 0 saturated heterocycles. The largest absolute Gasteiger partial charge is 0.502 e. The van der Waals surface area contributed by atoms with E-state index < -0.39 is 23.5 Å². The van der Waals surface area contributed by atoms with Crippen molar-refractivity contribution in [1.29, 1.82) is 0 Å². The van der Waals surface area contributed by atoms with Crippen molar-refractivity contribution in [2.45, 2.75) is 6.54 Å². The van der Waals surface area contributed by atoms with Gasteiger partial charge in [-0.05, 0) is 35.9 Å². The lowest BCUT2D eigenvalue weighted by Crippen LogP contribution is -2.29. The Morgan fingerprint density at radius 3 is 2.24 bits per heavy atom. The first-order chi connectivity index (χ1) is 11.8. The Hall–Kier alpha value is -2.57. The van der Waals surface area contributed by atoms with Gasteiger partial charge in [0.1, 0.15) is 5.82 Å².